The molecule has 2 amide bonds. The monoisotopic (exact) mass is 316 g/mol. The van der Waals surface area contributed by atoms with Crippen molar-refractivity contribution in [1.82, 2.24) is 20.6 Å². The number of hydrogen-bond acceptors (Lipinski definition) is 4. The van der Waals surface area contributed by atoms with Crippen molar-refractivity contribution in [2.45, 2.75) is 19.9 Å². The first-order valence-electron chi connectivity index (χ1n) is 7.13. The summed E-state index contributed by atoms with van der Waals surface area (Å²) in [5.74, 6) is -1.37. The van der Waals surface area contributed by atoms with Crippen LogP contribution in [0.2, 0.25) is 0 Å². The van der Waals surface area contributed by atoms with E-state index in [0.717, 1.165) is 5.69 Å². The van der Waals surface area contributed by atoms with Crippen molar-refractivity contribution in [3.05, 3.63) is 59.4 Å². The minimum Gasteiger partial charge on any atom is -0.351 e. The van der Waals surface area contributed by atoms with Gasteiger partial charge in [-0.05, 0) is 19.1 Å². The van der Waals surface area contributed by atoms with Crippen LogP contribution in [0.1, 0.15) is 28.2 Å². The van der Waals surface area contributed by atoms with Gasteiger partial charge in [0.1, 0.15) is 5.82 Å². The van der Waals surface area contributed by atoms with Crippen LogP contribution in [0, 0.1) is 12.7 Å². The summed E-state index contributed by atoms with van der Waals surface area (Å²) >= 11 is 0. The van der Waals surface area contributed by atoms with Gasteiger partial charge < -0.3 is 10.6 Å². The molecular weight excluding hydrogens is 299 g/mol. The minimum absolute atomic E-state index is 0.0390. The molecule has 0 saturated heterocycles. The van der Waals surface area contributed by atoms with E-state index >= 15 is 0 Å². The fourth-order valence-corrected chi connectivity index (χ4v) is 1.82. The summed E-state index contributed by atoms with van der Waals surface area (Å²) in [6.45, 7) is 2.22. The summed E-state index contributed by atoms with van der Waals surface area (Å²) in [5, 5.41) is 5.19. The highest BCUT2D eigenvalue weighted by Gasteiger charge is 2.10. The van der Waals surface area contributed by atoms with Crippen molar-refractivity contribution in [2.24, 2.45) is 0 Å². The van der Waals surface area contributed by atoms with Crippen LogP contribution in [0.3, 0.4) is 0 Å². The maximum absolute atomic E-state index is 13.4. The smallest absolute Gasteiger partial charge is 0.254 e. The Labute approximate surface area is 133 Å². The molecule has 0 fully saturated rings. The summed E-state index contributed by atoms with van der Waals surface area (Å²) in [7, 11) is 0. The van der Waals surface area contributed by atoms with Crippen LogP contribution in [0.15, 0.2) is 36.7 Å². The quantitative estimate of drug-likeness (QED) is 0.843. The van der Waals surface area contributed by atoms with Crippen LogP contribution >= 0.6 is 0 Å². The molecule has 7 heteroatoms. The average Bonchev–Trinajstić information content (AvgIpc) is 2.54. The van der Waals surface area contributed by atoms with Crippen molar-refractivity contribution in [2.75, 3.05) is 6.54 Å². The summed E-state index contributed by atoms with van der Waals surface area (Å²) in [6, 6.07) is 5.69. The highest BCUT2D eigenvalue weighted by Crippen LogP contribution is 2.05. The Kier molecular flexibility index (Phi) is 5.74. The van der Waals surface area contributed by atoms with E-state index < -0.39 is 11.7 Å². The summed E-state index contributed by atoms with van der Waals surface area (Å²) in [6.07, 6.45) is 3.31. The van der Waals surface area contributed by atoms with E-state index in [0.29, 0.717) is 5.69 Å². The number of carbonyl (C=O) groups excluding carboxylic acids is 2. The second-order valence-electron chi connectivity index (χ2n) is 4.91. The van der Waals surface area contributed by atoms with Crippen LogP contribution in [0.4, 0.5) is 4.39 Å². The van der Waals surface area contributed by atoms with E-state index in [4.69, 9.17) is 0 Å². The van der Waals surface area contributed by atoms with Crippen LogP contribution < -0.4 is 10.6 Å². The van der Waals surface area contributed by atoms with Crippen molar-refractivity contribution in [1.29, 1.82) is 0 Å². The van der Waals surface area contributed by atoms with Crippen LogP contribution in [-0.2, 0) is 11.3 Å². The highest BCUT2D eigenvalue weighted by atomic mass is 19.1. The number of hydrogen-bond donors (Lipinski definition) is 2. The zero-order chi connectivity index (χ0) is 16.7. The predicted octanol–water partition coefficient (Wildman–Crippen LogP) is 1.36. The lowest BCUT2D eigenvalue weighted by atomic mass is 10.2. The summed E-state index contributed by atoms with van der Waals surface area (Å²) < 4.78 is 13.4. The molecule has 1 aromatic heterocycles. The fraction of sp³-hybridized carbons (Fsp3) is 0.250. The molecule has 0 radical (unpaired) electrons. The Morgan fingerprint density at radius 1 is 1.13 bits per heavy atom. The van der Waals surface area contributed by atoms with Crippen LogP contribution in [0.25, 0.3) is 0 Å². The molecule has 0 aliphatic heterocycles. The van der Waals surface area contributed by atoms with Crippen molar-refractivity contribution in [3.8, 4) is 0 Å². The molecular formula is C16H17FN4O2. The molecule has 23 heavy (non-hydrogen) atoms. The second-order valence-corrected chi connectivity index (χ2v) is 4.91. The number of rotatable bonds is 6. The number of aromatic nitrogens is 2. The van der Waals surface area contributed by atoms with Crippen molar-refractivity contribution < 1.29 is 14.0 Å². The van der Waals surface area contributed by atoms with Gasteiger partial charge in [-0.2, -0.15) is 0 Å². The van der Waals surface area contributed by atoms with Gasteiger partial charge in [0.05, 0.1) is 29.7 Å². The molecule has 0 atom stereocenters. The molecule has 0 saturated carbocycles. The zero-order valence-electron chi connectivity index (χ0n) is 12.7. The number of halogens is 1. The van der Waals surface area contributed by atoms with E-state index in [-0.39, 0.29) is 31.0 Å². The van der Waals surface area contributed by atoms with Crippen molar-refractivity contribution in [3.63, 3.8) is 0 Å². The molecule has 0 spiro atoms. The van der Waals surface area contributed by atoms with Gasteiger partial charge in [-0.15, -0.1) is 0 Å². The number of amides is 2. The molecule has 0 unspecified atom stereocenters. The number of nitrogens with zero attached hydrogens (tertiary/aromatic N) is 2. The second kappa shape index (κ2) is 7.98. The molecule has 2 N–H and O–H groups in total. The van der Waals surface area contributed by atoms with E-state index in [1.165, 1.54) is 18.2 Å². The molecule has 120 valence electrons. The van der Waals surface area contributed by atoms with Gasteiger partial charge in [-0.25, -0.2) is 4.39 Å². The van der Waals surface area contributed by atoms with Gasteiger partial charge in [0, 0.05) is 19.2 Å². The Morgan fingerprint density at radius 3 is 2.61 bits per heavy atom. The lowest BCUT2D eigenvalue weighted by Gasteiger charge is -2.07. The Bertz CT molecular complexity index is 689. The maximum Gasteiger partial charge on any atom is 0.254 e. The molecule has 2 aromatic rings. The Hall–Kier alpha value is -2.83. The number of benzene rings is 1. The third-order valence-corrected chi connectivity index (χ3v) is 3.06. The average molecular weight is 316 g/mol. The van der Waals surface area contributed by atoms with E-state index in [2.05, 4.69) is 20.6 Å². The minimum atomic E-state index is -0.590. The summed E-state index contributed by atoms with van der Waals surface area (Å²) in [4.78, 5) is 31.6. The van der Waals surface area contributed by atoms with Gasteiger partial charge >= 0.3 is 0 Å². The largest absolute Gasteiger partial charge is 0.351 e. The normalized spacial score (nSPS) is 10.2. The Balaban J connectivity index is 1.71. The third-order valence-electron chi connectivity index (χ3n) is 3.06. The number of nitrogens with one attached hydrogen (secondary N) is 2. The Morgan fingerprint density at radius 2 is 1.91 bits per heavy atom. The van der Waals surface area contributed by atoms with E-state index in [9.17, 15) is 14.0 Å². The molecule has 1 aromatic carbocycles. The molecule has 0 bridgehead atoms. The predicted molar refractivity (Wildman–Crippen MR) is 82.0 cm³/mol. The third kappa shape index (κ3) is 5.14. The topological polar surface area (TPSA) is 84.0 Å². The summed E-state index contributed by atoms with van der Waals surface area (Å²) in [5.41, 5.74) is 1.41. The lowest BCUT2D eigenvalue weighted by molar-refractivity contribution is -0.121. The number of carbonyl (C=O) groups is 2. The van der Waals surface area contributed by atoms with Gasteiger partial charge in [0.15, 0.2) is 0 Å². The fourth-order valence-electron chi connectivity index (χ4n) is 1.82. The van der Waals surface area contributed by atoms with Crippen molar-refractivity contribution >= 4 is 11.8 Å². The lowest BCUT2D eigenvalue weighted by Crippen LogP contribution is -2.31. The van der Waals surface area contributed by atoms with Gasteiger partial charge in [-0.1, -0.05) is 12.1 Å². The zero-order valence-corrected chi connectivity index (χ0v) is 12.7. The number of aryl methyl sites for hydroxylation is 1. The molecule has 6 nitrogen and oxygen atoms in total. The molecule has 0 aliphatic rings. The van der Waals surface area contributed by atoms with Gasteiger partial charge in [0.2, 0.25) is 5.91 Å². The SMILES string of the molecule is Cc1cnc(CNC(=O)CCNC(=O)c2ccccc2F)cn1. The first-order chi connectivity index (χ1) is 11.1. The van der Waals surface area contributed by atoms with Gasteiger partial charge in [-0.3, -0.25) is 19.6 Å². The van der Waals surface area contributed by atoms with Crippen LogP contribution in [-0.4, -0.2) is 28.3 Å². The first kappa shape index (κ1) is 16.5. The molecule has 2 rings (SSSR count). The van der Waals surface area contributed by atoms with Gasteiger partial charge in [0.25, 0.3) is 5.91 Å². The first-order valence-corrected chi connectivity index (χ1v) is 7.13. The maximum atomic E-state index is 13.4. The molecule has 1 heterocycles. The molecule has 0 aliphatic carbocycles. The standard InChI is InChI=1S/C16H17FN4O2/c1-11-8-20-12(9-19-11)10-21-15(22)6-7-18-16(23)13-4-2-3-5-14(13)17/h2-5,8-9H,6-7,10H2,1H3,(H,18,23)(H,21,22). The van der Waals surface area contributed by atoms with E-state index in [1.807, 2.05) is 6.92 Å². The van der Waals surface area contributed by atoms with E-state index in [1.54, 1.807) is 18.5 Å². The highest BCUT2D eigenvalue weighted by molar-refractivity contribution is 5.94. The van der Waals surface area contributed by atoms with Crippen LogP contribution in [0.5, 0.6) is 0 Å².